The second-order valence-corrected chi connectivity index (χ2v) is 7.84. The van der Waals surface area contributed by atoms with Crippen LogP contribution in [0.4, 0.5) is 0 Å². The highest BCUT2D eigenvalue weighted by atomic mass is 32.1. The molecule has 1 amide bonds. The molecule has 3 aliphatic carbocycles. The number of hydrogen-bond acceptors (Lipinski definition) is 2. The van der Waals surface area contributed by atoms with Gasteiger partial charge in [-0.2, -0.15) is 0 Å². The largest absolute Gasteiger partial charge is 0.391 e. The summed E-state index contributed by atoms with van der Waals surface area (Å²) in [6.45, 7) is 2.27. The van der Waals surface area contributed by atoms with Crippen molar-refractivity contribution in [3.63, 3.8) is 0 Å². The van der Waals surface area contributed by atoms with E-state index in [-0.39, 0.29) is 11.8 Å². The van der Waals surface area contributed by atoms with E-state index < -0.39 is 5.54 Å². The van der Waals surface area contributed by atoms with E-state index in [1.807, 2.05) is 0 Å². The molecule has 3 nitrogen and oxygen atoms in total. The van der Waals surface area contributed by atoms with Crippen molar-refractivity contribution in [3.8, 4) is 0 Å². The van der Waals surface area contributed by atoms with E-state index in [1.165, 1.54) is 19.3 Å². The van der Waals surface area contributed by atoms with Gasteiger partial charge in [-0.15, -0.1) is 0 Å². The molecule has 0 saturated heterocycles. The number of nitrogens with one attached hydrogen (secondary N) is 1. The highest BCUT2D eigenvalue weighted by Gasteiger charge is 2.46. The van der Waals surface area contributed by atoms with Gasteiger partial charge in [-0.3, -0.25) is 4.79 Å². The van der Waals surface area contributed by atoms with Gasteiger partial charge < -0.3 is 11.1 Å². The van der Waals surface area contributed by atoms with Gasteiger partial charge in [0, 0.05) is 5.92 Å². The lowest BCUT2D eigenvalue weighted by Crippen LogP contribution is -2.59. The SMILES string of the molecule is CC1CCC(NC(=O)C2CC3CCC2C3)(C(N)=S)CC1. The van der Waals surface area contributed by atoms with Crippen molar-refractivity contribution in [1.82, 2.24) is 5.32 Å². The molecule has 0 aromatic heterocycles. The first-order chi connectivity index (χ1) is 9.50. The fourth-order valence-electron chi connectivity index (χ4n) is 4.58. The van der Waals surface area contributed by atoms with Crippen molar-refractivity contribution in [3.05, 3.63) is 0 Å². The molecular weight excluding hydrogens is 268 g/mol. The molecule has 112 valence electrons. The third-order valence-electron chi connectivity index (χ3n) is 6.04. The smallest absolute Gasteiger partial charge is 0.224 e. The molecule has 3 saturated carbocycles. The molecule has 0 aliphatic heterocycles. The van der Waals surface area contributed by atoms with E-state index in [9.17, 15) is 4.79 Å². The molecule has 2 bridgehead atoms. The predicted molar refractivity (Wildman–Crippen MR) is 84.2 cm³/mol. The Morgan fingerprint density at radius 2 is 1.90 bits per heavy atom. The fourth-order valence-corrected chi connectivity index (χ4v) is 4.84. The number of thiocarbonyl (C=S) groups is 1. The van der Waals surface area contributed by atoms with Crippen LogP contribution in [-0.4, -0.2) is 16.4 Å². The van der Waals surface area contributed by atoms with Gasteiger partial charge in [0.25, 0.3) is 0 Å². The van der Waals surface area contributed by atoms with Crippen molar-refractivity contribution in [2.45, 2.75) is 63.8 Å². The van der Waals surface area contributed by atoms with Gasteiger partial charge in [0.05, 0.1) is 10.5 Å². The normalized spacial score (nSPS) is 43.5. The maximum atomic E-state index is 12.7. The number of nitrogens with two attached hydrogens (primary N) is 1. The molecule has 3 fully saturated rings. The first-order valence-corrected chi connectivity index (χ1v) is 8.53. The molecule has 3 rings (SSSR count). The Bertz CT molecular complexity index is 415. The van der Waals surface area contributed by atoms with Crippen LogP contribution in [-0.2, 0) is 4.79 Å². The van der Waals surface area contributed by atoms with E-state index in [1.54, 1.807) is 0 Å². The van der Waals surface area contributed by atoms with Crippen LogP contribution >= 0.6 is 12.2 Å². The first-order valence-electron chi connectivity index (χ1n) is 8.12. The van der Waals surface area contributed by atoms with E-state index >= 15 is 0 Å². The lowest BCUT2D eigenvalue weighted by atomic mass is 9.76. The quantitative estimate of drug-likeness (QED) is 0.787. The second kappa shape index (κ2) is 5.28. The van der Waals surface area contributed by atoms with Crippen LogP contribution in [0.5, 0.6) is 0 Å². The monoisotopic (exact) mass is 294 g/mol. The molecule has 3 atom stereocenters. The molecule has 0 heterocycles. The van der Waals surface area contributed by atoms with Crippen molar-refractivity contribution < 1.29 is 4.79 Å². The summed E-state index contributed by atoms with van der Waals surface area (Å²) in [5, 5.41) is 3.27. The molecule has 3 N–H and O–H groups in total. The maximum Gasteiger partial charge on any atom is 0.224 e. The van der Waals surface area contributed by atoms with Crippen molar-refractivity contribution in [2.24, 2.45) is 29.4 Å². The molecule has 0 aromatic carbocycles. The third-order valence-corrected chi connectivity index (χ3v) is 6.43. The van der Waals surface area contributed by atoms with E-state index in [0.29, 0.717) is 10.9 Å². The highest BCUT2D eigenvalue weighted by Crippen LogP contribution is 2.48. The Balaban J connectivity index is 1.67. The maximum absolute atomic E-state index is 12.7. The zero-order chi connectivity index (χ0) is 14.3. The lowest BCUT2D eigenvalue weighted by molar-refractivity contribution is -0.128. The van der Waals surface area contributed by atoms with Crippen LogP contribution in [0.25, 0.3) is 0 Å². The van der Waals surface area contributed by atoms with E-state index in [4.69, 9.17) is 18.0 Å². The molecule has 4 heteroatoms. The minimum atomic E-state index is -0.402. The minimum Gasteiger partial charge on any atom is -0.391 e. The van der Waals surface area contributed by atoms with Gasteiger partial charge in [0.2, 0.25) is 5.91 Å². The van der Waals surface area contributed by atoms with Gasteiger partial charge in [0.1, 0.15) is 0 Å². The molecule has 20 heavy (non-hydrogen) atoms. The van der Waals surface area contributed by atoms with Crippen LogP contribution in [0.15, 0.2) is 0 Å². The Morgan fingerprint density at radius 3 is 2.40 bits per heavy atom. The van der Waals surface area contributed by atoms with Crippen LogP contribution < -0.4 is 11.1 Å². The second-order valence-electron chi connectivity index (χ2n) is 7.40. The summed E-state index contributed by atoms with van der Waals surface area (Å²) >= 11 is 5.29. The minimum absolute atomic E-state index is 0.222. The zero-order valence-electron chi connectivity index (χ0n) is 12.4. The van der Waals surface area contributed by atoms with E-state index in [2.05, 4.69) is 12.2 Å². The molecule has 0 aromatic rings. The molecule has 0 spiro atoms. The number of carbonyl (C=O) groups is 1. The number of carbonyl (C=O) groups excluding carboxylic acids is 1. The van der Waals surface area contributed by atoms with Crippen LogP contribution in [0.3, 0.4) is 0 Å². The summed E-state index contributed by atoms with van der Waals surface area (Å²) in [4.78, 5) is 13.2. The Kier molecular flexibility index (Phi) is 3.78. The summed E-state index contributed by atoms with van der Waals surface area (Å²) in [6, 6.07) is 0. The molecule has 0 radical (unpaired) electrons. The number of amides is 1. The van der Waals surface area contributed by atoms with Crippen LogP contribution in [0, 0.1) is 23.7 Å². The van der Waals surface area contributed by atoms with Crippen molar-refractivity contribution >= 4 is 23.1 Å². The average molecular weight is 294 g/mol. The zero-order valence-corrected chi connectivity index (χ0v) is 13.2. The highest BCUT2D eigenvalue weighted by molar-refractivity contribution is 7.80. The Labute approximate surface area is 127 Å². The Morgan fingerprint density at radius 1 is 1.20 bits per heavy atom. The van der Waals surface area contributed by atoms with Crippen LogP contribution in [0.1, 0.15) is 58.3 Å². The predicted octanol–water partition coefficient (Wildman–Crippen LogP) is 2.77. The number of fused-ring (bicyclic) bond motifs is 2. The summed E-state index contributed by atoms with van der Waals surface area (Å²) < 4.78 is 0. The molecule has 3 aliphatic rings. The van der Waals surface area contributed by atoms with Gasteiger partial charge >= 0.3 is 0 Å². The number of hydrogen-bond donors (Lipinski definition) is 2. The first kappa shape index (κ1) is 14.3. The topological polar surface area (TPSA) is 55.1 Å². The summed E-state index contributed by atoms with van der Waals surface area (Å²) in [5.74, 6) is 2.57. The third kappa shape index (κ3) is 2.47. The van der Waals surface area contributed by atoms with Gasteiger partial charge in [-0.25, -0.2) is 0 Å². The van der Waals surface area contributed by atoms with E-state index in [0.717, 1.165) is 43.9 Å². The average Bonchev–Trinajstić information content (AvgIpc) is 3.03. The van der Waals surface area contributed by atoms with Crippen LogP contribution in [0.2, 0.25) is 0 Å². The van der Waals surface area contributed by atoms with Crippen molar-refractivity contribution in [1.29, 1.82) is 0 Å². The summed E-state index contributed by atoms with van der Waals surface area (Å²) in [7, 11) is 0. The molecular formula is C16H26N2OS. The lowest BCUT2D eigenvalue weighted by Gasteiger charge is -2.40. The summed E-state index contributed by atoms with van der Waals surface area (Å²) in [6.07, 6.45) is 8.94. The van der Waals surface area contributed by atoms with Crippen molar-refractivity contribution in [2.75, 3.05) is 0 Å². The fraction of sp³-hybridized carbons (Fsp3) is 0.875. The standard InChI is InChI=1S/C16H26N2OS/c1-10-4-6-16(7-5-10,15(17)20)18-14(19)13-9-11-2-3-12(13)8-11/h10-13H,2-9H2,1H3,(H2,17,20)(H,18,19). The van der Waals surface area contributed by atoms with Gasteiger partial charge in [-0.1, -0.05) is 25.6 Å². The molecule has 3 unspecified atom stereocenters. The van der Waals surface area contributed by atoms with Gasteiger partial charge in [0.15, 0.2) is 0 Å². The van der Waals surface area contributed by atoms with Gasteiger partial charge in [-0.05, 0) is 62.7 Å². The number of rotatable bonds is 3. The summed E-state index contributed by atoms with van der Waals surface area (Å²) in [5.41, 5.74) is 5.59. The Hall–Kier alpha value is -0.640.